The van der Waals surface area contributed by atoms with E-state index in [0.717, 1.165) is 17.6 Å². The highest BCUT2D eigenvalue weighted by Crippen LogP contribution is 2.21. The van der Waals surface area contributed by atoms with Gasteiger partial charge in [-0.25, -0.2) is 8.42 Å². The van der Waals surface area contributed by atoms with Crippen LogP contribution < -0.4 is 5.32 Å². The van der Waals surface area contributed by atoms with Crippen molar-refractivity contribution in [2.45, 2.75) is 4.90 Å². The Morgan fingerprint density at radius 1 is 1.25 bits per heavy atom. The first-order valence-electron chi connectivity index (χ1n) is 6.15. The summed E-state index contributed by atoms with van der Waals surface area (Å²) in [7, 11) is -3.43. The van der Waals surface area contributed by atoms with Gasteiger partial charge in [-0.15, -0.1) is 0 Å². The van der Waals surface area contributed by atoms with Gasteiger partial charge in [-0.2, -0.15) is 16.1 Å². The number of hydrogen-bond donors (Lipinski definition) is 1. The normalized spacial score (nSPS) is 16.6. The minimum atomic E-state index is -3.43. The molecule has 1 heterocycles. The van der Waals surface area contributed by atoms with Crippen LogP contribution in [0.1, 0.15) is 0 Å². The molecular weight excluding hydrogens is 296 g/mol. The zero-order chi connectivity index (χ0) is 14.6. The van der Waals surface area contributed by atoms with Crippen molar-refractivity contribution in [3.05, 3.63) is 36.9 Å². The van der Waals surface area contributed by atoms with E-state index in [9.17, 15) is 13.2 Å². The summed E-state index contributed by atoms with van der Waals surface area (Å²) in [6, 6.07) is 6.17. The maximum atomic E-state index is 12.4. The number of hydrogen-bond acceptors (Lipinski definition) is 4. The van der Waals surface area contributed by atoms with Crippen molar-refractivity contribution in [2.24, 2.45) is 0 Å². The maximum absolute atomic E-state index is 12.4. The Bertz CT molecular complexity index is 591. The molecular formula is C13H16N2O3S2. The van der Waals surface area contributed by atoms with E-state index >= 15 is 0 Å². The van der Waals surface area contributed by atoms with Gasteiger partial charge in [0.1, 0.15) is 0 Å². The van der Waals surface area contributed by atoms with E-state index < -0.39 is 10.0 Å². The molecule has 1 aromatic rings. The van der Waals surface area contributed by atoms with E-state index in [1.165, 1.54) is 16.4 Å². The van der Waals surface area contributed by atoms with Crippen molar-refractivity contribution < 1.29 is 13.2 Å². The summed E-state index contributed by atoms with van der Waals surface area (Å²) in [5, 5.41) is 2.58. The Hall–Kier alpha value is -1.31. The van der Waals surface area contributed by atoms with Gasteiger partial charge in [0.15, 0.2) is 0 Å². The molecule has 1 aliphatic rings. The number of carbonyl (C=O) groups is 1. The minimum absolute atomic E-state index is 0.251. The highest BCUT2D eigenvalue weighted by atomic mass is 32.2. The molecule has 1 N–H and O–H groups in total. The summed E-state index contributed by atoms with van der Waals surface area (Å²) in [6.07, 6.45) is 1.16. The number of nitrogens with one attached hydrogen (secondary N) is 1. The SMILES string of the molecule is C=CC(=O)Nc1ccc(S(=O)(=O)N2CCSCC2)cc1. The third-order valence-corrected chi connectivity index (χ3v) is 5.77. The van der Waals surface area contributed by atoms with E-state index in [0.29, 0.717) is 18.8 Å². The Labute approximate surface area is 123 Å². The van der Waals surface area contributed by atoms with Crippen molar-refractivity contribution >= 4 is 33.4 Å². The molecule has 2 rings (SSSR count). The summed E-state index contributed by atoms with van der Waals surface area (Å²) < 4.78 is 26.3. The van der Waals surface area contributed by atoms with Crippen LogP contribution in [-0.4, -0.2) is 43.2 Å². The molecule has 0 radical (unpaired) electrons. The average molecular weight is 312 g/mol. The van der Waals surface area contributed by atoms with Crippen LogP contribution in [0, 0.1) is 0 Å². The van der Waals surface area contributed by atoms with Gasteiger partial charge in [0.25, 0.3) is 0 Å². The highest BCUT2D eigenvalue weighted by molar-refractivity contribution is 7.99. The molecule has 7 heteroatoms. The lowest BCUT2D eigenvalue weighted by Crippen LogP contribution is -2.37. The lowest BCUT2D eigenvalue weighted by molar-refractivity contribution is -0.111. The fourth-order valence-corrected chi connectivity index (χ4v) is 4.42. The van der Waals surface area contributed by atoms with Crippen LogP contribution >= 0.6 is 11.8 Å². The smallest absolute Gasteiger partial charge is 0.247 e. The molecule has 5 nitrogen and oxygen atoms in total. The van der Waals surface area contributed by atoms with Gasteiger partial charge in [-0.3, -0.25) is 4.79 Å². The van der Waals surface area contributed by atoms with Crippen LogP contribution in [0.2, 0.25) is 0 Å². The second kappa shape index (κ2) is 6.43. The lowest BCUT2D eigenvalue weighted by Gasteiger charge is -2.25. The average Bonchev–Trinajstić information content (AvgIpc) is 2.48. The zero-order valence-electron chi connectivity index (χ0n) is 10.9. The number of nitrogens with zero attached hydrogens (tertiary/aromatic N) is 1. The summed E-state index contributed by atoms with van der Waals surface area (Å²) in [4.78, 5) is 11.4. The van der Waals surface area contributed by atoms with Crippen molar-refractivity contribution in [3.63, 3.8) is 0 Å². The molecule has 20 heavy (non-hydrogen) atoms. The Morgan fingerprint density at radius 2 is 1.85 bits per heavy atom. The predicted octanol–water partition coefficient (Wildman–Crippen LogP) is 1.55. The highest BCUT2D eigenvalue weighted by Gasteiger charge is 2.25. The summed E-state index contributed by atoms with van der Waals surface area (Å²) in [5.41, 5.74) is 0.544. The second-order valence-electron chi connectivity index (χ2n) is 4.23. The Balaban J connectivity index is 2.16. The number of amides is 1. The van der Waals surface area contributed by atoms with Crippen molar-refractivity contribution in [2.75, 3.05) is 29.9 Å². The van der Waals surface area contributed by atoms with Crippen LogP contribution in [0.5, 0.6) is 0 Å². The summed E-state index contributed by atoms with van der Waals surface area (Å²) in [5.74, 6) is 1.33. The van der Waals surface area contributed by atoms with Crippen LogP contribution in [0.15, 0.2) is 41.8 Å². The summed E-state index contributed by atoms with van der Waals surface area (Å²) in [6.45, 7) is 4.45. The van der Waals surface area contributed by atoms with Gasteiger partial charge in [0.2, 0.25) is 15.9 Å². The lowest BCUT2D eigenvalue weighted by atomic mass is 10.3. The van der Waals surface area contributed by atoms with Crippen LogP contribution in [0.3, 0.4) is 0 Å². The molecule has 1 saturated heterocycles. The van der Waals surface area contributed by atoms with Crippen LogP contribution in [0.4, 0.5) is 5.69 Å². The van der Waals surface area contributed by atoms with E-state index in [4.69, 9.17) is 0 Å². The Kier molecular flexibility index (Phi) is 4.85. The first kappa shape index (κ1) is 15.1. The van der Waals surface area contributed by atoms with E-state index in [1.807, 2.05) is 0 Å². The number of sulfonamides is 1. The van der Waals surface area contributed by atoms with Gasteiger partial charge in [0.05, 0.1) is 4.90 Å². The molecule has 1 aliphatic heterocycles. The van der Waals surface area contributed by atoms with Gasteiger partial charge >= 0.3 is 0 Å². The van der Waals surface area contributed by atoms with Crippen molar-refractivity contribution in [1.29, 1.82) is 0 Å². The van der Waals surface area contributed by atoms with Crippen LogP contribution in [0.25, 0.3) is 0 Å². The fraction of sp³-hybridized carbons (Fsp3) is 0.308. The molecule has 1 amide bonds. The minimum Gasteiger partial charge on any atom is -0.323 e. The van der Waals surface area contributed by atoms with Crippen LogP contribution in [-0.2, 0) is 14.8 Å². The third-order valence-electron chi connectivity index (χ3n) is 2.92. The molecule has 0 aromatic heterocycles. The molecule has 0 saturated carbocycles. The number of anilines is 1. The Morgan fingerprint density at radius 3 is 2.40 bits per heavy atom. The first-order chi connectivity index (χ1) is 9.54. The summed E-state index contributed by atoms with van der Waals surface area (Å²) >= 11 is 1.76. The fourth-order valence-electron chi connectivity index (χ4n) is 1.84. The molecule has 0 spiro atoms. The second-order valence-corrected chi connectivity index (χ2v) is 7.40. The van der Waals surface area contributed by atoms with E-state index in [2.05, 4.69) is 11.9 Å². The zero-order valence-corrected chi connectivity index (χ0v) is 12.5. The quantitative estimate of drug-likeness (QED) is 0.857. The molecule has 1 fully saturated rings. The van der Waals surface area contributed by atoms with E-state index in [-0.39, 0.29) is 10.8 Å². The molecule has 108 valence electrons. The predicted molar refractivity (Wildman–Crippen MR) is 81.4 cm³/mol. The van der Waals surface area contributed by atoms with Gasteiger partial charge < -0.3 is 5.32 Å². The first-order valence-corrected chi connectivity index (χ1v) is 8.75. The van der Waals surface area contributed by atoms with Gasteiger partial charge in [-0.05, 0) is 30.3 Å². The largest absolute Gasteiger partial charge is 0.323 e. The topological polar surface area (TPSA) is 66.5 Å². The number of benzene rings is 1. The molecule has 0 aliphatic carbocycles. The van der Waals surface area contributed by atoms with Crippen molar-refractivity contribution in [1.82, 2.24) is 4.31 Å². The molecule has 0 atom stereocenters. The standard InChI is InChI=1S/C13H16N2O3S2/c1-2-13(16)14-11-3-5-12(6-4-11)20(17,18)15-7-9-19-10-8-15/h2-6H,1,7-10H2,(H,14,16). The molecule has 1 aromatic carbocycles. The van der Waals surface area contributed by atoms with Gasteiger partial charge in [-0.1, -0.05) is 6.58 Å². The number of carbonyl (C=O) groups excluding carboxylic acids is 1. The van der Waals surface area contributed by atoms with Gasteiger partial charge in [0, 0.05) is 30.3 Å². The molecule has 0 unspecified atom stereocenters. The monoisotopic (exact) mass is 312 g/mol. The van der Waals surface area contributed by atoms with E-state index in [1.54, 1.807) is 23.9 Å². The maximum Gasteiger partial charge on any atom is 0.247 e. The third kappa shape index (κ3) is 3.41. The number of thioether (sulfide) groups is 1. The number of rotatable bonds is 4. The van der Waals surface area contributed by atoms with Crippen molar-refractivity contribution in [3.8, 4) is 0 Å². The molecule has 0 bridgehead atoms.